The van der Waals surface area contributed by atoms with Gasteiger partial charge in [-0.2, -0.15) is 0 Å². The average molecular weight is 425 g/mol. The summed E-state index contributed by atoms with van der Waals surface area (Å²) in [5.74, 6) is 2.09. The van der Waals surface area contributed by atoms with Crippen molar-refractivity contribution >= 4 is 45.1 Å². The van der Waals surface area contributed by atoms with Gasteiger partial charge in [0, 0.05) is 33.9 Å². The zero-order valence-corrected chi connectivity index (χ0v) is 17.7. The van der Waals surface area contributed by atoms with Crippen LogP contribution < -0.4 is 10.1 Å². The van der Waals surface area contributed by atoms with E-state index in [-0.39, 0.29) is 5.91 Å². The number of aromatic nitrogens is 1. The van der Waals surface area contributed by atoms with E-state index >= 15 is 0 Å². The number of nitrogens with zero attached hydrogens (tertiary/aromatic N) is 1. The van der Waals surface area contributed by atoms with E-state index in [1.165, 1.54) is 21.8 Å². The predicted molar refractivity (Wildman–Crippen MR) is 119 cm³/mol. The van der Waals surface area contributed by atoms with Crippen LogP contribution in [-0.2, 0) is 4.79 Å². The molecule has 5 nitrogen and oxygen atoms in total. The van der Waals surface area contributed by atoms with Gasteiger partial charge < -0.3 is 14.5 Å². The van der Waals surface area contributed by atoms with Crippen molar-refractivity contribution in [2.45, 2.75) is 18.2 Å². The van der Waals surface area contributed by atoms with E-state index < -0.39 is 0 Å². The van der Waals surface area contributed by atoms with Gasteiger partial charge in [-0.25, -0.2) is 4.98 Å². The number of furan rings is 1. The molecule has 0 radical (unpaired) electrons. The number of carbonyl (C=O) groups excluding carboxylic acids is 1. The Bertz CT molecular complexity index is 1130. The number of aryl methyl sites for hydroxylation is 1. The standard InChI is InChI=1S/C22H20N2O3S2/c1-14-3-7-17(8-4-14)28-10-9-21(25)24-22-23-18(13-29-22)20-11-15-5-6-16(26-2)12-19(15)27-20/h3-8,11-13H,9-10H2,1-2H3,(H,23,24,25). The highest BCUT2D eigenvalue weighted by Crippen LogP contribution is 2.32. The summed E-state index contributed by atoms with van der Waals surface area (Å²) in [6.45, 7) is 2.06. The van der Waals surface area contributed by atoms with Gasteiger partial charge in [-0.3, -0.25) is 4.79 Å². The average Bonchev–Trinajstić information content (AvgIpc) is 3.35. The van der Waals surface area contributed by atoms with Gasteiger partial charge in [0.05, 0.1) is 7.11 Å². The Labute approximate surface area is 177 Å². The molecular weight excluding hydrogens is 404 g/mol. The summed E-state index contributed by atoms with van der Waals surface area (Å²) in [4.78, 5) is 17.9. The molecule has 0 spiro atoms. The maximum atomic E-state index is 12.2. The van der Waals surface area contributed by atoms with Crippen LogP contribution >= 0.6 is 23.1 Å². The van der Waals surface area contributed by atoms with E-state index in [0.29, 0.717) is 23.0 Å². The number of hydrogen-bond acceptors (Lipinski definition) is 6. The van der Waals surface area contributed by atoms with Crippen molar-refractivity contribution in [3.63, 3.8) is 0 Å². The van der Waals surface area contributed by atoms with Crippen LogP contribution in [0.25, 0.3) is 22.4 Å². The van der Waals surface area contributed by atoms with Crippen LogP contribution in [0.2, 0.25) is 0 Å². The quantitative estimate of drug-likeness (QED) is 0.369. The Morgan fingerprint density at radius 1 is 1.21 bits per heavy atom. The smallest absolute Gasteiger partial charge is 0.226 e. The molecule has 29 heavy (non-hydrogen) atoms. The lowest BCUT2D eigenvalue weighted by Crippen LogP contribution is -2.11. The Morgan fingerprint density at radius 2 is 2.03 bits per heavy atom. The third-order valence-corrected chi connectivity index (χ3v) is 6.12. The molecule has 2 heterocycles. The fourth-order valence-electron chi connectivity index (χ4n) is 2.79. The van der Waals surface area contributed by atoms with Crippen molar-refractivity contribution in [2.24, 2.45) is 0 Å². The summed E-state index contributed by atoms with van der Waals surface area (Å²) in [5, 5.41) is 6.31. The van der Waals surface area contributed by atoms with Crippen LogP contribution in [0, 0.1) is 6.92 Å². The third kappa shape index (κ3) is 4.81. The monoisotopic (exact) mass is 424 g/mol. The van der Waals surface area contributed by atoms with Crippen molar-refractivity contribution in [1.29, 1.82) is 0 Å². The Balaban J connectivity index is 1.35. The summed E-state index contributed by atoms with van der Waals surface area (Å²) in [6, 6.07) is 15.9. The van der Waals surface area contributed by atoms with E-state index in [1.54, 1.807) is 18.9 Å². The topological polar surface area (TPSA) is 64.4 Å². The summed E-state index contributed by atoms with van der Waals surface area (Å²) in [7, 11) is 1.62. The molecule has 2 aromatic heterocycles. The first-order chi connectivity index (χ1) is 14.1. The van der Waals surface area contributed by atoms with E-state index in [2.05, 4.69) is 41.5 Å². The number of benzene rings is 2. The molecule has 1 N–H and O–H groups in total. The predicted octanol–water partition coefficient (Wildman–Crippen LogP) is 5.99. The van der Waals surface area contributed by atoms with E-state index in [4.69, 9.17) is 9.15 Å². The maximum absolute atomic E-state index is 12.2. The first-order valence-corrected chi connectivity index (χ1v) is 11.0. The number of rotatable bonds is 7. The molecule has 0 saturated carbocycles. The molecule has 148 valence electrons. The van der Waals surface area contributed by atoms with E-state index in [0.717, 1.165) is 22.5 Å². The van der Waals surface area contributed by atoms with E-state index in [9.17, 15) is 4.79 Å². The molecule has 0 unspecified atom stereocenters. The molecule has 0 aliphatic carbocycles. The van der Waals surface area contributed by atoms with Crippen LogP contribution in [0.1, 0.15) is 12.0 Å². The number of methoxy groups -OCH3 is 1. The number of fused-ring (bicyclic) bond motifs is 1. The van der Waals surface area contributed by atoms with Gasteiger partial charge in [0.2, 0.25) is 5.91 Å². The van der Waals surface area contributed by atoms with Gasteiger partial charge in [0.15, 0.2) is 10.9 Å². The summed E-state index contributed by atoms with van der Waals surface area (Å²) in [5.41, 5.74) is 2.68. The molecule has 2 aromatic carbocycles. The lowest BCUT2D eigenvalue weighted by atomic mass is 10.2. The summed E-state index contributed by atoms with van der Waals surface area (Å²) >= 11 is 3.06. The van der Waals surface area contributed by atoms with Crippen molar-refractivity contribution in [1.82, 2.24) is 4.98 Å². The number of nitrogens with one attached hydrogen (secondary N) is 1. The van der Waals surface area contributed by atoms with Gasteiger partial charge >= 0.3 is 0 Å². The number of hydrogen-bond donors (Lipinski definition) is 1. The van der Waals surface area contributed by atoms with Crippen molar-refractivity contribution < 1.29 is 13.9 Å². The molecule has 0 saturated heterocycles. The third-order valence-electron chi connectivity index (χ3n) is 4.35. The molecule has 4 rings (SSSR count). The Kier molecular flexibility index (Phi) is 5.87. The normalized spacial score (nSPS) is 11.0. The minimum Gasteiger partial charge on any atom is -0.497 e. The molecule has 0 atom stereocenters. The number of carbonyl (C=O) groups is 1. The van der Waals surface area contributed by atoms with Crippen LogP contribution in [-0.4, -0.2) is 23.8 Å². The Hall–Kier alpha value is -2.77. The highest BCUT2D eigenvalue weighted by molar-refractivity contribution is 7.99. The van der Waals surface area contributed by atoms with Crippen molar-refractivity contribution in [3.8, 4) is 17.2 Å². The highest BCUT2D eigenvalue weighted by atomic mass is 32.2. The molecule has 0 aliphatic rings. The number of thioether (sulfide) groups is 1. The van der Waals surface area contributed by atoms with Crippen LogP contribution in [0.15, 0.2) is 63.2 Å². The molecule has 0 bridgehead atoms. The number of thiazole rings is 1. The molecular formula is C22H20N2O3S2. The van der Waals surface area contributed by atoms with Crippen molar-refractivity contribution in [2.75, 3.05) is 18.2 Å². The van der Waals surface area contributed by atoms with Crippen molar-refractivity contribution in [3.05, 3.63) is 59.5 Å². The van der Waals surface area contributed by atoms with E-state index in [1.807, 2.05) is 29.6 Å². The lowest BCUT2D eigenvalue weighted by Gasteiger charge is -2.03. The molecule has 1 amide bonds. The molecule has 7 heteroatoms. The van der Waals surface area contributed by atoms with Crippen LogP contribution in [0.5, 0.6) is 5.75 Å². The summed E-state index contributed by atoms with van der Waals surface area (Å²) < 4.78 is 11.1. The SMILES string of the molecule is COc1ccc2cc(-c3csc(NC(=O)CCSc4ccc(C)cc4)n3)oc2c1. The second kappa shape index (κ2) is 8.71. The zero-order valence-electron chi connectivity index (χ0n) is 16.1. The minimum absolute atomic E-state index is 0.0418. The van der Waals surface area contributed by atoms with Gasteiger partial charge in [-0.15, -0.1) is 23.1 Å². The molecule has 4 aromatic rings. The maximum Gasteiger partial charge on any atom is 0.226 e. The number of ether oxygens (including phenoxy) is 1. The first kappa shape index (κ1) is 19.5. The second-order valence-electron chi connectivity index (χ2n) is 6.51. The Morgan fingerprint density at radius 3 is 2.83 bits per heavy atom. The van der Waals surface area contributed by atoms with Gasteiger partial charge in [-0.05, 0) is 37.3 Å². The number of amides is 1. The second-order valence-corrected chi connectivity index (χ2v) is 8.54. The fraction of sp³-hybridized carbons (Fsp3) is 0.182. The fourth-order valence-corrected chi connectivity index (χ4v) is 4.35. The summed E-state index contributed by atoms with van der Waals surface area (Å²) in [6.07, 6.45) is 0.428. The van der Waals surface area contributed by atoms with Crippen LogP contribution in [0.3, 0.4) is 0 Å². The lowest BCUT2D eigenvalue weighted by molar-refractivity contribution is -0.115. The molecule has 0 aliphatic heterocycles. The van der Waals surface area contributed by atoms with Gasteiger partial charge in [0.1, 0.15) is 17.0 Å². The van der Waals surface area contributed by atoms with Crippen LogP contribution in [0.4, 0.5) is 5.13 Å². The molecule has 0 fully saturated rings. The highest BCUT2D eigenvalue weighted by Gasteiger charge is 2.12. The minimum atomic E-state index is -0.0418. The van der Waals surface area contributed by atoms with Gasteiger partial charge in [0.25, 0.3) is 0 Å². The number of anilines is 1. The zero-order chi connectivity index (χ0) is 20.2. The first-order valence-electron chi connectivity index (χ1n) is 9.13. The van der Waals surface area contributed by atoms with Gasteiger partial charge in [-0.1, -0.05) is 17.7 Å². The largest absolute Gasteiger partial charge is 0.497 e.